The van der Waals surface area contributed by atoms with Gasteiger partial charge in [-0.15, -0.1) is 0 Å². The summed E-state index contributed by atoms with van der Waals surface area (Å²) in [5.74, 6) is 1.37. The summed E-state index contributed by atoms with van der Waals surface area (Å²) in [6.45, 7) is 4.53. The van der Waals surface area contributed by atoms with Crippen LogP contribution in [-0.4, -0.2) is 29.8 Å². The van der Waals surface area contributed by atoms with E-state index in [4.69, 9.17) is 16.3 Å². The van der Waals surface area contributed by atoms with Crippen LogP contribution >= 0.6 is 23.4 Å². The predicted octanol–water partition coefficient (Wildman–Crippen LogP) is 5.36. The van der Waals surface area contributed by atoms with Crippen molar-refractivity contribution in [2.24, 2.45) is 0 Å². The Balaban J connectivity index is 1.85. The number of ether oxygens (including phenoxy) is 1. The molecule has 3 nitrogen and oxygen atoms in total. The fourth-order valence-corrected chi connectivity index (χ4v) is 3.55. The molecule has 0 aliphatic carbocycles. The molecule has 5 heteroatoms. The summed E-state index contributed by atoms with van der Waals surface area (Å²) in [7, 11) is 0. The van der Waals surface area contributed by atoms with Gasteiger partial charge in [-0.2, -0.15) is 0 Å². The summed E-state index contributed by atoms with van der Waals surface area (Å²) < 4.78 is 5.56. The molecule has 1 saturated heterocycles. The van der Waals surface area contributed by atoms with Gasteiger partial charge >= 0.3 is 0 Å². The second-order valence-corrected chi connectivity index (χ2v) is 6.90. The third kappa shape index (κ3) is 5.40. The maximum Gasteiger partial charge on any atom is 0.281 e. The van der Waals surface area contributed by atoms with Crippen LogP contribution in [0.1, 0.15) is 44.6 Å². The van der Waals surface area contributed by atoms with Crippen molar-refractivity contribution in [2.45, 2.75) is 44.8 Å². The third-order valence-electron chi connectivity index (χ3n) is 3.68. The molecule has 1 heterocycles. The third-order valence-corrected chi connectivity index (χ3v) is 4.96. The van der Waals surface area contributed by atoms with Crippen LogP contribution in [0.4, 0.5) is 4.79 Å². The Hall–Kier alpha value is -0.870. The zero-order chi connectivity index (χ0) is 15.8. The highest BCUT2D eigenvalue weighted by Gasteiger charge is 2.16. The first-order chi connectivity index (χ1) is 10.7. The van der Waals surface area contributed by atoms with Crippen molar-refractivity contribution in [3.8, 4) is 5.75 Å². The van der Waals surface area contributed by atoms with Crippen LogP contribution in [0.25, 0.3) is 0 Å². The van der Waals surface area contributed by atoms with Crippen molar-refractivity contribution in [1.82, 2.24) is 4.90 Å². The molecule has 1 aliphatic heterocycles. The van der Waals surface area contributed by atoms with Crippen LogP contribution < -0.4 is 4.74 Å². The largest absolute Gasteiger partial charge is 0.492 e. The van der Waals surface area contributed by atoms with Crippen molar-refractivity contribution >= 4 is 28.6 Å². The Morgan fingerprint density at radius 1 is 1.27 bits per heavy atom. The molecule has 0 atom stereocenters. The van der Waals surface area contributed by atoms with E-state index in [-0.39, 0.29) is 5.24 Å². The molecule has 0 saturated carbocycles. The van der Waals surface area contributed by atoms with Crippen LogP contribution in [0.15, 0.2) is 18.2 Å². The summed E-state index contributed by atoms with van der Waals surface area (Å²) in [6.07, 6.45) is 5.69. The Morgan fingerprint density at radius 3 is 2.64 bits per heavy atom. The van der Waals surface area contributed by atoms with E-state index in [0.717, 1.165) is 43.7 Å². The molecule has 1 aromatic rings. The van der Waals surface area contributed by atoms with E-state index < -0.39 is 0 Å². The van der Waals surface area contributed by atoms with Crippen molar-refractivity contribution in [1.29, 1.82) is 0 Å². The van der Waals surface area contributed by atoms with Gasteiger partial charge in [-0.3, -0.25) is 4.79 Å². The molecule has 1 amide bonds. The summed E-state index contributed by atoms with van der Waals surface area (Å²) >= 11 is 7.59. The lowest BCUT2D eigenvalue weighted by atomic mass is 10.2. The number of hydrogen-bond acceptors (Lipinski definition) is 3. The highest BCUT2D eigenvalue weighted by atomic mass is 35.5. The van der Waals surface area contributed by atoms with E-state index in [2.05, 4.69) is 6.92 Å². The molecule has 0 unspecified atom stereocenters. The van der Waals surface area contributed by atoms with Crippen LogP contribution in [0.5, 0.6) is 5.75 Å². The highest BCUT2D eigenvalue weighted by molar-refractivity contribution is 8.12. The molecule has 0 radical (unpaired) electrons. The quantitative estimate of drug-likeness (QED) is 0.722. The molecule has 22 heavy (non-hydrogen) atoms. The highest BCUT2D eigenvalue weighted by Crippen LogP contribution is 2.28. The summed E-state index contributed by atoms with van der Waals surface area (Å²) in [5.41, 5.74) is 1.06. The van der Waals surface area contributed by atoms with Crippen molar-refractivity contribution < 1.29 is 9.53 Å². The summed E-state index contributed by atoms with van der Waals surface area (Å²) in [5, 5.41) is 0.804. The van der Waals surface area contributed by atoms with E-state index in [1.807, 2.05) is 23.1 Å². The number of likely N-dealkylation sites (tertiary alicyclic amines) is 1. The Labute approximate surface area is 142 Å². The van der Waals surface area contributed by atoms with Gasteiger partial charge in [0.1, 0.15) is 5.75 Å². The van der Waals surface area contributed by atoms with Crippen LogP contribution in [-0.2, 0) is 5.75 Å². The Morgan fingerprint density at radius 2 is 2.00 bits per heavy atom. The van der Waals surface area contributed by atoms with Gasteiger partial charge in [0.15, 0.2) is 0 Å². The van der Waals surface area contributed by atoms with Gasteiger partial charge in [0.25, 0.3) is 5.24 Å². The fourth-order valence-electron chi connectivity index (χ4n) is 2.45. The van der Waals surface area contributed by atoms with Gasteiger partial charge in [0.05, 0.1) is 11.6 Å². The number of amides is 1. The minimum Gasteiger partial charge on any atom is -0.492 e. The maximum absolute atomic E-state index is 12.2. The fraction of sp³-hybridized carbons (Fsp3) is 0.588. The maximum atomic E-state index is 12.2. The Kier molecular flexibility index (Phi) is 7.40. The van der Waals surface area contributed by atoms with E-state index in [0.29, 0.717) is 17.4 Å². The zero-order valence-electron chi connectivity index (χ0n) is 13.1. The number of nitrogens with zero attached hydrogens (tertiary/aromatic N) is 1. The van der Waals surface area contributed by atoms with Crippen molar-refractivity contribution in [3.63, 3.8) is 0 Å². The topological polar surface area (TPSA) is 29.5 Å². The molecule has 0 N–H and O–H groups in total. The average molecular weight is 342 g/mol. The number of benzene rings is 1. The van der Waals surface area contributed by atoms with E-state index in [1.165, 1.54) is 24.6 Å². The molecule has 1 aliphatic rings. The van der Waals surface area contributed by atoms with Crippen LogP contribution in [0, 0.1) is 0 Å². The zero-order valence-corrected chi connectivity index (χ0v) is 14.7. The van der Waals surface area contributed by atoms with Gasteiger partial charge in [0, 0.05) is 18.8 Å². The first kappa shape index (κ1) is 17.5. The molecular weight excluding hydrogens is 318 g/mol. The average Bonchev–Trinajstić information content (AvgIpc) is 2.81. The SMILES string of the molecule is CCCOc1ccc(CSC(=O)N2CCCCCC2)cc1Cl. The first-order valence-corrected chi connectivity index (χ1v) is 9.40. The van der Waals surface area contributed by atoms with E-state index in [1.54, 1.807) is 0 Å². The standard InChI is InChI=1S/C17H24ClNO2S/c1-2-11-21-16-8-7-14(12-15(16)18)13-22-17(20)19-9-5-3-4-6-10-19/h7-8,12H,2-6,9-11,13H2,1H3. The van der Waals surface area contributed by atoms with E-state index >= 15 is 0 Å². The smallest absolute Gasteiger partial charge is 0.281 e. The van der Waals surface area contributed by atoms with Gasteiger partial charge in [-0.25, -0.2) is 0 Å². The Bertz CT molecular complexity index is 488. The van der Waals surface area contributed by atoms with Crippen LogP contribution in [0.3, 0.4) is 0 Å². The van der Waals surface area contributed by atoms with Gasteiger partial charge in [-0.05, 0) is 37.0 Å². The number of carbonyl (C=O) groups excluding carboxylic acids is 1. The van der Waals surface area contributed by atoms with Crippen molar-refractivity contribution in [3.05, 3.63) is 28.8 Å². The predicted molar refractivity (Wildman–Crippen MR) is 94.0 cm³/mol. The molecular formula is C17H24ClNO2S. The minimum atomic E-state index is 0.185. The number of halogens is 1. The molecule has 0 bridgehead atoms. The molecule has 0 spiro atoms. The first-order valence-electron chi connectivity index (χ1n) is 8.03. The molecule has 1 fully saturated rings. The lowest BCUT2D eigenvalue weighted by molar-refractivity contribution is 0.225. The second kappa shape index (κ2) is 9.31. The normalized spacial score (nSPS) is 15.5. The summed E-state index contributed by atoms with van der Waals surface area (Å²) in [4.78, 5) is 14.2. The second-order valence-electron chi connectivity index (χ2n) is 5.57. The summed E-state index contributed by atoms with van der Waals surface area (Å²) in [6, 6.07) is 5.78. The van der Waals surface area contributed by atoms with E-state index in [9.17, 15) is 4.79 Å². The van der Waals surface area contributed by atoms with Gasteiger partial charge < -0.3 is 9.64 Å². The molecule has 122 valence electrons. The van der Waals surface area contributed by atoms with Crippen LogP contribution in [0.2, 0.25) is 5.02 Å². The van der Waals surface area contributed by atoms with Gasteiger partial charge in [0.2, 0.25) is 0 Å². The molecule has 1 aromatic carbocycles. The lowest BCUT2D eigenvalue weighted by Crippen LogP contribution is -2.28. The monoisotopic (exact) mass is 341 g/mol. The van der Waals surface area contributed by atoms with Gasteiger partial charge in [-0.1, -0.05) is 49.2 Å². The number of thioether (sulfide) groups is 1. The molecule has 2 rings (SSSR count). The number of rotatable bonds is 5. The molecule has 0 aromatic heterocycles. The number of hydrogen-bond donors (Lipinski definition) is 0. The number of carbonyl (C=O) groups is 1. The minimum absolute atomic E-state index is 0.185. The lowest BCUT2D eigenvalue weighted by Gasteiger charge is -2.19. The van der Waals surface area contributed by atoms with Crippen molar-refractivity contribution in [2.75, 3.05) is 19.7 Å².